The minimum Gasteiger partial charge on any atom is -0.366 e. The Morgan fingerprint density at radius 3 is 2.35 bits per heavy atom. The van der Waals surface area contributed by atoms with Gasteiger partial charge in [-0.3, -0.25) is 9.59 Å². The highest BCUT2D eigenvalue weighted by Gasteiger charge is 2.15. The van der Waals surface area contributed by atoms with Gasteiger partial charge >= 0.3 is 0 Å². The van der Waals surface area contributed by atoms with Crippen LogP contribution in [-0.2, 0) is 4.79 Å². The van der Waals surface area contributed by atoms with E-state index in [0.29, 0.717) is 11.3 Å². The van der Waals surface area contributed by atoms with Gasteiger partial charge in [-0.15, -0.1) is 0 Å². The van der Waals surface area contributed by atoms with E-state index in [1.165, 1.54) is 6.07 Å². The monoisotopic (exact) mass is 269 g/mol. The van der Waals surface area contributed by atoms with Crippen molar-refractivity contribution in [3.8, 4) is 0 Å². The number of hydrogen-bond donors (Lipinski definition) is 3. The topological polar surface area (TPSA) is 98.2 Å². The van der Waals surface area contributed by atoms with Crippen LogP contribution in [0.5, 0.6) is 0 Å². The molecule has 0 aliphatic heterocycles. The lowest BCUT2D eigenvalue weighted by atomic mass is 10.1. The zero-order chi connectivity index (χ0) is 14.5. The van der Waals surface area contributed by atoms with E-state index in [0.717, 1.165) is 5.56 Å². The molecule has 0 aromatic heterocycles. The Labute approximate surface area is 116 Å². The maximum atomic E-state index is 12.0. The fourth-order valence-electron chi connectivity index (χ4n) is 1.78. The van der Waals surface area contributed by atoms with Crippen LogP contribution in [0, 0.1) is 0 Å². The van der Waals surface area contributed by atoms with Gasteiger partial charge in [-0.2, -0.15) is 0 Å². The van der Waals surface area contributed by atoms with Crippen molar-refractivity contribution in [1.29, 1.82) is 0 Å². The molecule has 2 amide bonds. The van der Waals surface area contributed by atoms with Crippen LogP contribution in [0.1, 0.15) is 22.0 Å². The van der Waals surface area contributed by atoms with E-state index in [1.807, 2.05) is 18.2 Å². The SMILES string of the molecule is NC(=O)c1cccc(NC(=O)[C@@H](N)c2ccccc2)c1. The molecular weight excluding hydrogens is 254 g/mol. The first-order valence-corrected chi connectivity index (χ1v) is 6.09. The van der Waals surface area contributed by atoms with Crippen molar-refractivity contribution in [2.75, 3.05) is 5.32 Å². The molecule has 2 rings (SSSR count). The number of rotatable bonds is 4. The quantitative estimate of drug-likeness (QED) is 0.782. The third-order valence-corrected chi connectivity index (χ3v) is 2.86. The molecule has 0 spiro atoms. The Morgan fingerprint density at radius 2 is 1.70 bits per heavy atom. The summed E-state index contributed by atoms with van der Waals surface area (Å²) in [5.74, 6) is -0.897. The first-order chi connectivity index (χ1) is 9.58. The van der Waals surface area contributed by atoms with Crippen LogP contribution in [0.15, 0.2) is 54.6 Å². The summed E-state index contributed by atoms with van der Waals surface area (Å²) in [6.45, 7) is 0. The summed E-state index contributed by atoms with van der Waals surface area (Å²) in [4.78, 5) is 23.1. The van der Waals surface area contributed by atoms with Gasteiger partial charge < -0.3 is 16.8 Å². The Hall–Kier alpha value is -2.66. The summed E-state index contributed by atoms with van der Waals surface area (Å²) in [5, 5.41) is 2.66. The summed E-state index contributed by atoms with van der Waals surface area (Å²) in [6.07, 6.45) is 0. The van der Waals surface area contributed by atoms with Crippen LogP contribution < -0.4 is 16.8 Å². The molecule has 0 saturated heterocycles. The van der Waals surface area contributed by atoms with Crippen molar-refractivity contribution < 1.29 is 9.59 Å². The Bertz CT molecular complexity index is 626. The maximum absolute atomic E-state index is 12.0. The predicted octanol–water partition coefficient (Wildman–Crippen LogP) is 1.42. The van der Waals surface area contributed by atoms with Crippen LogP contribution in [0.3, 0.4) is 0 Å². The second kappa shape index (κ2) is 5.99. The third-order valence-electron chi connectivity index (χ3n) is 2.86. The van der Waals surface area contributed by atoms with Crippen molar-refractivity contribution in [2.45, 2.75) is 6.04 Å². The standard InChI is InChI=1S/C15H15N3O2/c16-13(10-5-2-1-3-6-10)15(20)18-12-8-4-7-11(9-12)14(17)19/h1-9,13H,16H2,(H2,17,19)(H,18,20)/t13-/m0/s1. The Kier molecular flexibility index (Phi) is 4.12. The van der Waals surface area contributed by atoms with Crippen LogP contribution >= 0.6 is 0 Å². The smallest absolute Gasteiger partial charge is 0.248 e. The van der Waals surface area contributed by atoms with Gasteiger partial charge in [-0.25, -0.2) is 0 Å². The molecule has 0 aliphatic rings. The third kappa shape index (κ3) is 3.21. The molecule has 5 N–H and O–H groups in total. The molecule has 0 radical (unpaired) electrons. The number of hydrogen-bond acceptors (Lipinski definition) is 3. The first kappa shape index (κ1) is 13.8. The van der Waals surface area contributed by atoms with Gasteiger partial charge in [-0.05, 0) is 23.8 Å². The molecule has 0 saturated carbocycles. The average molecular weight is 269 g/mol. The summed E-state index contributed by atoms with van der Waals surface area (Å²) in [6, 6.07) is 14.7. The predicted molar refractivity (Wildman–Crippen MR) is 77.0 cm³/mol. The molecule has 0 aliphatic carbocycles. The normalized spacial score (nSPS) is 11.7. The second-order valence-corrected chi connectivity index (χ2v) is 4.32. The molecule has 2 aromatic carbocycles. The summed E-state index contributed by atoms with van der Waals surface area (Å²) in [5.41, 5.74) is 12.6. The van der Waals surface area contributed by atoms with E-state index < -0.39 is 11.9 Å². The molecule has 1 atom stereocenters. The molecule has 0 bridgehead atoms. The maximum Gasteiger partial charge on any atom is 0.248 e. The molecule has 102 valence electrons. The number of carbonyl (C=O) groups is 2. The number of amides is 2. The van der Waals surface area contributed by atoms with Crippen molar-refractivity contribution >= 4 is 17.5 Å². The van der Waals surface area contributed by atoms with E-state index in [2.05, 4.69) is 5.32 Å². The number of carbonyl (C=O) groups excluding carboxylic acids is 2. The first-order valence-electron chi connectivity index (χ1n) is 6.09. The highest BCUT2D eigenvalue weighted by Crippen LogP contribution is 2.15. The van der Waals surface area contributed by atoms with E-state index in [1.54, 1.807) is 30.3 Å². The summed E-state index contributed by atoms with van der Waals surface area (Å²) >= 11 is 0. The van der Waals surface area contributed by atoms with Gasteiger partial charge in [0.25, 0.3) is 0 Å². The zero-order valence-corrected chi connectivity index (χ0v) is 10.7. The van der Waals surface area contributed by atoms with Gasteiger partial charge in [0.05, 0.1) is 0 Å². The van der Waals surface area contributed by atoms with E-state index in [-0.39, 0.29) is 5.91 Å². The highest BCUT2D eigenvalue weighted by atomic mass is 16.2. The minimum absolute atomic E-state index is 0.330. The molecule has 20 heavy (non-hydrogen) atoms. The molecule has 0 heterocycles. The summed E-state index contributed by atoms with van der Waals surface area (Å²) in [7, 11) is 0. The summed E-state index contributed by atoms with van der Waals surface area (Å²) < 4.78 is 0. The molecular formula is C15H15N3O2. The van der Waals surface area contributed by atoms with Gasteiger partial charge in [0.15, 0.2) is 0 Å². The Balaban J connectivity index is 2.12. The number of nitrogens with one attached hydrogen (secondary N) is 1. The van der Waals surface area contributed by atoms with Crippen molar-refractivity contribution in [3.63, 3.8) is 0 Å². The Morgan fingerprint density at radius 1 is 1.00 bits per heavy atom. The molecule has 5 nitrogen and oxygen atoms in total. The van der Waals surface area contributed by atoms with Crippen LogP contribution in [0.4, 0.5) is 5.69 Å². The largest absolute Gasteiger partial charge is 0.366 e. The number of primary amides is 1. The zero-order valence-electron chi connectivity index (χ0n) is 10.7. The van der Waals surface area contributed by atoms with Gasteiger partial charge in [0.2, 0.25) is 11.8 Å². The van der Waals surface area contributed by atoms with Gasteiger partial charge in [0.1, 0.15) is 6.04 Å². The average Bonchev–Trinajstić information content (AvgIpc) is 2.47. The van der Waals surface area contributed by atoms with Gasteiger partial charge in [-0.1, -0.05) is 36.4 Å². The molecule has 0 unspecified atom stereocenters. The molecule has 2 aromatic rings. The van der Waals surface area contributed by atoms with Gasteiger partial charge in [0, 0.05) is 11.3 Å². The highest BCUT2D eigenvalue weighted by molar-refractivity contribution is 5.98. The number of anilines is 1. The van der Waals surface area contributed by atoms with Crippen LogP contribution in [0.2, 0.25) is 0 Å². The van der Waals surface area contributed by atoms with Crippen LogP contribution in [0.25, 0.3) is 0 Å². The fraction of sp³-hybridized carbons (Fsp3) is 0.0667. The number of benzene rings is 2. The lowest BCUT2D eigenvalue weighted by molar-refractivity contribution is -0.117. The lowest BCUT2D eigenvalue weighted by Gasteiger charge is -2.12. The minimum atomic E-state index is -0.770. The lowest BCUT2D eigenvalue weighted by Crippen LogP contribution is -2.27. The van der Waals surface area contributed by atoms with E-state index >= 15 is 0 Å². The van der Waals surface area contributed by atoms with Crippen molar-refractivity contribution in [2.24, 2.45) is 11.5 Å². The fourth-order valence-corrected chi connectivity index (χ4v) is 1.78. The second-order valence-electron chi connectivity index (χ2n) is 4.32. The van der Waals surface area contributed by atoms with E-state index in [4.69, 9.17) is 11.5 Å². The molecule has 5 heteroatoms. The van der Waals surface area contributed by atoms with E-state index in [9.17, 15) is 9.59 Å². The van der Waals surface area contributed by atoms with Crippen LogP contribution in [-0.4, -0.2) is 11.8 Å². The number of nitrogens with two attached hydrogens (primary N) is 2. The van der Waals surface area contributed by atoms with Crippen molar-refractivity contribution in [1.82, 2.24) is 0 Å². The van der Waals surface area contributed by atoms with Crippen molar-refractivity contribution in [3.05, 3.63) is 65.7 Å². The molecule has 0 fully saturated rings.